The Morgan fingerprint density at radius 2 is 1.96 bits per heavy atom. The normalized spacial score (nSPS) is 22.3. The second kappa shape index (κ2) is 7.19. The molecule has 5 rings (SSSR count). The van der Waals surface area contributed by atoms with Crippen LogP contribution in [0.25, 0.3) is 10.6 Å². The van der Waals surface area contributed by atoms with Gasteiger partial charge in [0.05, 0.1) is 12.1 Å². The Balaban J connectivity index is 1.45. The number of hydrogen-bond acceptors (Lipinski definition) is 4. The lowest BCUT2D eigenvalue weighted by atomic mass is 9.94. The number of aromatic nitrogens is 1. The Kier molecular flexibility index (Phi) is 4.76. The summed E-state index contributed by atoms with van der Waals surface area (Å²) in [5.74, 6) is 0.648. The van der Waals surface area contributed by atoms with Crippen LogP contribution < -0.4 is 0 Å². The number of nitrogens with zero attached hydrogens (tertiary/aromatic N) is 3. The van der Waals surface area contributed by atoms with E-state index in [-0.39, 0.29) is 17.9 Å². The molecule has 5 nitrogen and oxygen atoms in total. The van der Waals surface area contributed by atoms with Gasteiger partial charge in [-0.1, -0.05) is 30.3 Å². The minimum Gasteiger partial charge on any atom is -0.341 e. The van der Waals surface area contributed by atoms with E-state index in [4.69, 9.17) is 0 Å². The van der Waals surface area contributed by atoms with E-state index < -0.39 is 0 Å². The van der Waals surface area contributed by atoms with E-state index in [1.165, 1.54) is 0 Å². The zero-order valence-electron chi connectivity index (χ0n) is 14.9. The Hall–Kier alpha value is -2.21. The smallest absolute Gasteiger partial charge is 0.228 e. The van der Waals surface area contributed by atoms with Crippen molar-refractivity contribution in [3.63, 3.8) is 0 Å². The number of rotatable bonds is 3. The average molecular weight is 369 g/mol. The van der Waals surface area contributed by atoms with Crippen molar-refractivity contribution in [2.24, 2.45) is 5.92 Å². The number of fused-ring (bicyclic) bond motifs is 4. The Morgan fingerprint density at radius 1 is 1.15 bits per heavy atom. The second-order valence-corrected chi connectivity index (χ2v) is 8.11. The van der Waals surface area contributed by atoms with Crippen LogP contribution in [0.4, 0.5) is 0 Å². The fraction of sp³-hybridized carbons (Fsp3) is 0.450. The molecular formula is C20H23N3O2S. The van der Waals surface area contributed by atoms with Crippen molar-refractivity contribution >= 4 is 23.2 Å². The Labute approximate surface area is 157 Å². The summed E-state index contributed by atoms with van der Waals surface area (Å²) in [5, 5.41) is 2.94. The molecule has 3 aliphatic rings. The van der Waals surface area contributed by atoms with Gasteiger partial charge in [-0.05, 0) is 18.8 Å². The summed E-state index contributed by atoms with van der Waals surface area (Å²) in [5.41, 5.74) is 1.92. The molecule has 4 heterocycles. The summed E-state index contributed by atoms with van der Waals surface area (Å²) in [4.78, 5) is 33.3. The molecule has 2 aromatic rings. The van der Waals surface area contributed by atoms with E-state index in [0.717, 1.165) is 42.2 Å². The third kappa shape index (κ3) is 3.51. The molecule has 0 aliphatic carbocycles. The van der Waals surface area contributed by atoms with Gasteiger partial charge in [-0.2, -0.15) is 0 Å². The predicted molar refractivity (Wildman–Crippen MR) is 102 cm³/mol. The standard InChI is InChI=1S/C20H23N3O2S/c1-14(24)22-10-15-7-8-18(12-22)23(11-15)19(25)9-17-13-26-20(21-17)16-5-3-2-4-6-16/h2-6,13,15,18H,7-12H2,1H3/t15-,18+/m1/s1. The Morgan fingerprint density at radius 3 is 2.73 bits per heavy atom. The molecule has 6 heteroatoms. The van der Waals surface area contributed by atoms with Crippen LogP contribution in [-0.2, 0) is 16.0 Å². The molecular weight excluding hydrogens is 346 g/mol. The zero-order chi connectivity index (χ0) is 18.1. The van der Waals surface area contributed by atoms with E-state index >= 15 is 0 Å². The summed E-state index contributed by atoms with van der Waals surface area (Å²) in [6.07, 6.45) is 2.44. The van der Waals surface area contributed by atoms with Crippen molar-refractivity contribution < 1.29 is 9.59 Å². The monoisotopic (exact) mass is 369 g/mol. The van der Waals surface area contributed by atoms with Gasteiger partial charge < -0.3 is 9.80 Å². The minimum absolute atomic E-state index is 0.114. The summed E-state index contributed by atoms with van der Waals surface area (Å²) in [6, 6.07) is 10.2. The van der Waals surface area contributed by atoms with Gasteiger partial charge >= 0.3 is 0 Å². The third-order valence-corrected chi connectivity index (χ3v) is 6.32. The van der Waals surface area contributed by atoms with E-state index in [1.54, 1.807) is 18.3 Å². The van der Waals surface area contributed by atoms with Gasteiger partial charge in [0, 0.05) is 43.5 Å². The van der Waals surface area contributed by atoms with Crippen LogP contribution in [-0.4, -0.2) is 52.3 Å². The predicted octanol–water partition coefficient (Wildman–Crippen LogP) is 2.82. The van der Waals surface area contributed by atoms with Crippen molar-refractivity contribution in [2.75, 3.05) is 19.6 Å². The van der Waals surface area contributed by atoms with E-state index in [0.29, 0.717) is 18.9 Å². The first-order chi connectivity index (χ1) is 12.6. The number of piperidine rings is 1. The van der Waals surface area contributed by atoms with Crippen molar-refractivity contribution in [1.82, 2.24) is 14.8 Å². The molecule has 3 saturated heterocycles. The van der Waals surface area contributed by atoms with Crippen LogP contribution >= 0.6 is 11.3 Å². The first-order valence-corrected chi connectivity index (χ1v) is 10.0. The molecule has 0 radical (unpaired) electrons. The molecule has 26 heavy (non-hydrogen) atoms. The van der Waals surface area contributed by atoms with Crippen LogP contribution in [0.3, 0.4) is 0 Å². The summed E-state index contributed by atoms with van der Waals surface area (Å²) in [7, 11) is 0. The Bertz CT molecular complexity index is 804. The SMILES string of the molecule is CC(=O)N1C[C@H]2CC[C@@H](C1)N(C(=O)Cc1csc(-c3ccccc3)n1)C2. The number of thiazole rings is 1. The fourth-order valence-corrected chi connectivity index (χ4v) is 4.83. The van der Waals surface area contributed by atoms with Gasteiger partial charge in [-0.3, -0.25) is 9.59 Å². The first-order valence-electron chi connectivity index (χ1n) is 9.15. The minimum atomic E-state index is 0.114. The van der Waals surface area contributed by atoms with Crippen molar-refractivity contribution in [3.05, 3.63) is 41.4 Å². The topological polar surface area (TPSA) is 53.5 Å². The van der Waals surface area contributed by atoms with Crippen molar-refractivity contribution in [2.45, 2.75) is 32.2 Å². The lowest BCUT2D eigenvalue weighted by Crippen LogP contribution is -2.48. The van der Waals surface area contributed by atoms with Crippen LogP contribution in [0.2, 0.25) is 0 Å². The fourth-order valence-electron chi connectivity index (χ4n) is 4.00. The van der Waals surface area contributed by atoms with Gasteiger partial charge in [0.15, 0.2) is 0 Å². The number of hydrogen-bond donors (Lipinski definition) is 0. The number of carbonyl (C=O) groups is 2. The highest BCUT2D eigenvalue weighted by Gasteiger charge is 2.37. The van der Waals surface area contributed by atoms with Crippen LogP contribution in [0.1, 0.15) is 25.5 Å². The molecule has 0 spiro atoms. The highest BCUT2D eigenvalue weighted by Crippen LogP contribution is 2.29. The van der Waals surface area contributed by atoms with Gasteiger partial charge in [0.1, 0.15) is 5.01 Å². The van der Waals surface area contributed by atoms with Crippen LogP contribution in [0.15, 0.2) is 35.7 Å². The van der Waals surface area contributed by atoms with Gasteiger partial charge in [0.2, 0.25) is 11.8 Å². The number of benzene rings is 1. The summed E-state index contributed by atoms with van der Waals surface area (Å²) in [6.45, 7) is 3.84. The molecule has 0 unspecified atom stereocenters. The molecule has 2 bridgehead atoms. The highest BCUT2D eigenvalue weighted by atomic mass is 32.1. The molecule has 136 valence electrons. The highest BCUT2D eigenvalue weighted by molar-refractivity contribution is 7.13. The van der Waals surface area contributed by atoms with E-state index in [1.807, 2.05) is 45.5 Å². The molecule has 3 aliphatic heterocycles. The van der Waals surface area contributed by atoms with Crippen molar-refractivity contribution in [3.8, 4) is 10.6 Å². The summed E-state index contributed by atoms with van der Waals surface area (Å²) >= 11 is 1.58. The molecule has 0 saturated carbocycles. The average Bonchev–Trinajstić information content (AvgIpc) is 2.90. The maximum atomic E-state index is 12.9. The second-order valence-electron chi connectivity index (χ2n) is 7.25. The first kappa shape index (κ1) is 17.2. The van der Waals surface area contributed by atoms with Gasteiger partial charge in [-0.15, -0.1) is 11.3 Å². The number of carbonyl (C=O) groups excluding carboxylic acids is 2. The quantitative estimate of drug-likeness (QED) is 0.836. The molecule has 0 N–H and O–H groups in total. The van der Waals surface area contributed by atoms with Crippen LogP contribution in [0.5, 0.6) is 0 Å². The largest absolute Gasteiger partial charge is 0.341 e. The molecule has 1 aromatic heterocycles. The number of amides is 2. The summed E-state index contributed by atoms with van der Waals surface area (Å²) < 4.78 is 0. The molecule has 3 fully saturated rings. The third-order valence-electron chi connectivity index (χ3n) is 5.38. The molecule has 1 aromatic carbocycles. The lowest BCUT2D eigenvalue weighted by Gasteiger charge is -2.36. The maximum Gasteiger partial charge on any atom is 0.228 e. The van der Waals surface area contributed by atoms with Crippen LogP contribution in [0, 0.1) is 5.92 Å². The van der Waals surface area contributed by atoms with E-state index in [9.17, 15) is 9.59 Å². The van der Waals surface area contributed by atoms with Gasteiger partial charge in [-0.25, -0.2) is 4.98 Å². The lowest BCUT2D eigenvalue weighted by molar-refractivity contribution is -0.135. The molecule has 2 atom stereocenters. The van der Waals surface area contributed by atoms with E-state index in [2.05, 4.69) is 4.98 Å². The zero-order valence-corrected chi connectivity index (χ0v) is 15.7. The molecule has 2 amide bonds. The van der Waals surface area contributed by atoms with Gasteiger partial charge in [0.25, 0.3) is 0 Å². The van der Waals surface area contributed by atoms with Crippen molar-refractivity contribution in [1.29, 1.82) is 0 Å². The maximum absolute atomic E-state index is 12.9.